The molecule has 0 aromatic heterocycles. The summed E-state index contributed by atoms with van der Waals surface area (Å²) in [7, 11) is 0. The van der Waals surface area contributed by atoms with Gasteiger partial charge in [0, 0.05) is 12.2 Å². The number of benzene rings is 1. The minimum absolute atomic E-state index is 0.0262. The molecule has 0 radical (unpaired) electrons. The summed E-state index contributed by atoms with van der Waals surface area (Å²) in [5.74, 6) is -0.656. The molecule has 1 aliphatic rings. The maximum absolute atomic E-state index is 11.8. The first-order chi connectivity index (χ1) is 8.61. The van der Waals surface area contributed by atoms with Crippen molar-refractivity contribution in [3.8, 4) is 0 Å². The van der Waals surface area contributed by atoms with E-state index in [9.17, 15) is 9.59 Å². The van der Waals surface area contributed by atoms with Crippen LogP contribution in [-0.4, -0.2) is 34.5 Å². The molecule has 1 N–H and O–H groups in total. The van der Waals surface area contributed by atoms with Crippen molar-refractivity contribution < 1.29 is 14.7 Å². The Morgan fingerprint density at radius 1 is 1.44 bits per heavy atom. The van der Waals surface area contributed by atoms with E-state index < -0.39 is 11.2 Å². The molecular weight excluding hydrogens is 250 g/mol. The van der Waals surface area contributed by atoms with Gasteiger partial charge in [0.25, 0.3) is 0 Å². The number of hydrogen-bond donors (Lipinski definition) is 1. The molecule has 96 valence electrons. The maximum atomic E-state index is 11.8. The van der Waals surface area contributed by atoms with E-state index in [-0.39, 0.29) is 18.2 Å². The number of carboxylic acids is 1. The van der Waals surface area contributed by atoms with E-state index in [0.717, 1.165) is 12.1 Å². The van der Waals surface area contributed by atoms with Gasteiger partial charge in [0.05, 0.1) is 5.75 Å². The molecule has 1 fully saturated rings. The van der Waals surface area contributed by atoms with Crippen LogP contribution in [0.1, 0.15) is 12.5 Å². The second kappa shape index (κ2) is 5.44. The zero-order chi connectivity index (χ0) is 13.1. The van der Waals surface area contributed by atoms with Gasteiger partial charge in [-0.25, -0.2) is 0 Å². The number of aryl methyl sites for hydroxylation is 1. The van der Waals surface area contributed by atoms with Gasteiger partial charge < -0.3 is 10.0 Å². The molecule has 5 heteroatoms. The van der Waals surface area contributed by atoms with Crippen molar-refractivity contribution in [1.29, 1.82) is 0 Å². The van der Waals surface area contributed by atoms with E-state index in [1.54, 1.807) is 4.90 Å². The molecule has 0 bridgehead atoms. The highest BCUT2D eigenvalue weighted by Crippen LogP contribution is 2.25. The zero-order valence-corrected chi connectivity index (χ0v) is 10.9. The average molecular weight is 265 g/mol. The van der Waals surface area contributed by atoms with E-state index in [1.807, 2.05) is 24.3 Å². The van der Waals surface area contributed by atoms with Gasteiger partial charge in [-0.1, -0.05) is 19.1 Å². The first kappa shape index (κ1) is 13.0. The first-order valence-electron chi connectivity index (χ1n) is 5.85. The van der Waals surface area contributed by atoms with Crippen molar-refractivity contribution in [3.63, 3.8) is 0 Å². The second-order valence-corrected chi connectivity index (χ2v) is 5.35. The molecule has 2 rings (SSSR count). The zero-order valence-electron chi connectivity index (χ0n) is 10.1. The number of rotatable bonds is 3. The van der Waals surface area contributed by atoms with E-state index in [0.29, 0.717) is 0 Å². The van der Waals surface area contributed by atoms with Gasteiger partial charge in [-0.15, -0.1) is 11.8 Å². The Hall–Kier alpha value is -1.49. The fraction of sp³-hybridized carbons (Fsp3) is 0.385. The monoisotopic (exact) mass is 265 g/mol. The molecule has 1 saturated heterocycles. The number of carboxylic acid groups (broad SMARTS) is 1. The number of carbonyl (C=O) groups excluding carboxylic acids is 1. The molecule has 1 amide bonds. The molecule has 1 unspecified atom stereocenters. The smallest absolute Gasteiger partial charge is 0.318 e. The minimum Gasteiger partial charge on any atom is -0.480 e. The van der Waals surface area contributed by atoms with Gasteiger partial charge in [-0.05, 0) is 24.1 Å². The maximum Gasteiger partial charge on any atom is 0.318 e. The highest BCUT2D eigenvalue weighted by Gasteiger charge is 2.31. The third-order valence-corrected chi connectivity index (χ3v) is 4.16. The van der Waals surface area contributed by atoms with Gasteiger partial charge in [-0.2, -0.15) is 0 Å². The molecule has 1 aromatic carbocycles. The highest BCUT2D eigenvalue weighted by atomic mass is 32.2. The lowest BCUT2D eigenvalue weighted by Crippen LogP contribution is -2.45. The summed E-state index contributed by atoms with van der Waals surface area (Å²) in [5, 5.41) is 8.48. The molecular formula is C13H15NO3S. The first-order valence-corrected chi connectivity index (χ1v) is 6.90. The van der Waals surface area contributed by atoms with Crippen molar-refractivity contribution in [2.24, 2.45) is 0 Å². The van der Waals surface area contributed by atoms with Gasteiger partial charge in [0.15, 0.2) is 0 Å². The van der Waals surface area contributed by atoms with Crippen LogP contribution >= 0.6 is 11.8 Å². The summed E-state index contributed by atoms with van der Waals surface area (Å²) >= 11 is 1.19. The summed E-state index contributed by atoms with van der Waals surface area (Å²) in [6.07, 6.45) is 0.946. The molecule has 4 nitrogen and oxygen atoms in total. The second-order valence-electron chi connectivity index (χ2n) is 4.16. The molecule has 18 heavy (non-hydrogen) atoms. The van der Waals surface area contributed by atoms with E-state index >= 15 is 0 Å². The van der Waals surface area contributed by atoms with Crippen molar-refractivity contribution in [1.82, 2.24) is 0 Å². The van der Waals surface area contributed by atoms with Crippen LogP contribution < -0.4 is 4.90 Å². The number of carbonyl (C=O) groups is 2. The standard InChI is InChI=1S/C13H15NO3S/c1-2-9-3-5-10(6-4-9)14-7-11(13(16)17)18-8-12(14)15/h3-6,11H,2,7-8H2,1H3,(H,16,17). The quantitative estimate of drug-likeness (QED) is 0.905. The predicted molar refractivity (Wildman–Crippen MR) is 72.1 cm³/mol. The summed E-state index contributed by atoms with van der Waals surface area (Å²) in [6, 6.07) is 7.71. The van der Waals surface area contributed by atoms with Crippen molar-refractivity contribution >= 4 is 29.3 Å². The SMILES string of the molecule is CCc1ccc(N2CC(C(=O)O)SCC2=O)cc1. The molecule has 1 atom stereocenters. The van der Waals surface area contributed by atoms with Crippen LogP contribution in [0.3, 0.4) is 0 Å². The van der Waals surface area contributed by atoms with Gasteiger partial charge >= 0.3 is 5.97 Å². The van der Waals surface area contributed by atoms with Gasteiger partial charge in [0.1, 0.15) is 5.25 Å². The lowest BCUT2D eigenvalue weighted by atomic mass is 10.1. The number of aliphatic carboxylic acids is 1. The van der Waals surface area contributed by atoms with E-state index in [2.05, 4.69) is 6.92 Å². The Balaban J connectivity index is 2.18. The normalized spacial score (nSPS) is 19.9. The Labute approximate surface area is 110 Å². The van der Waals surface area contributed by atoms with Crippen molar-refractivity contribution in [2.75, 3.05) is 17.2 Å². The Bertz CT molecular complexity index is 458. The topological polar surface area (TPSA) is 57.6 Å². The van der Waals surface area contributed by atoms with Crippen LogP contribution in [0.2, 0.25) is 0 Å². The van der Waals surface area contributed by atoms with Crippen molar-refractivity contribution in [3.05, 3.63) is 29.8 Å². The Morgan fingerprint density at radius 2 is 2.11 bits per heavy atom. The third kappa shape index (κ3) is 2.67. The van der Waals surface area contributed by atoms with Crippen molar-refractivity contribution in [2.45, 2.75) is 18.6 Å². The lowest BCUT2D eigenvalue weighted by molar-refractivity contribution is -0.136. The number of nitrogens with zero attached hydrogens (tertiary/aromatic N) is 1. The van der Waals surface area contributed by atoms with Crippen LogP contribution in [0.25, 0.3) is 0 Å². The number of hydrogen-bond acceptors (Lipinski definition) is 3. The summed E-state index contributed by atoms with van der Waals surface area (Å²) in [4.78, 5) is 24.4. The van der Waals surface area contributed by atoms with Gasteiger partial charge in [-0.3, -0.25) is 9.59 Å². The number of amides is 1. The summed E-state index contributed by atoms with van der Waals surface area (Å²) in [5.41, 5.74) is 1.98. The molecule has 1 aliphatic heterocycles. The fourth-order valence-electron chi connectivity index (χ4n) is 1.88. The fourth-order valence-corrected chi connectivity index (χ4v) is 2.78. The van der Waals surface area contributed by atoms with Crippen LogP contribution in [0.4, 0.5) is 5.69 Å². The van der Waals surface area contributed by atoms with Crippen LogP contribution in [-0.2, 0) is 16.0 Å². The van der Waals surface area contributed by atoms with Crippen LogP contribution in [0, 0.1) is 0 Å². The van der Waals surface area contributed by atoms with E-state index in [4.69, 9.17) is 5.11 Å². The largest absolute Gasteiger partial charge is 0.480 e. The molecule has 1 aromatic rings. The van der Waals surface area contributed by atoms with Crippen LogP contribution in [0.15, 0.2) is 24.3 Å². The Kier molecular flexibility index (Phi) is 3.91. The number of thioether (sulfide) groups is 1. The number of anilines is 1. The molecule has 0 aliphatic carbocycles. The average Bonchev–Trinajstić information content (AvgIpc) is 2.39. The minimum atomic E-state index is -0.859. The molecule has 0 saturated carbocycles. The predicted octanol–water partition coefficient (Wildman–Crippen LogP) is 1.78. The van der Waals surface area contributed by atoms with Crippen LogP contribution in [0.5, 0.6) is 0 Å². The third-order valence-electron chi connectivity index (χ3n) is 2.99. The Morgan fingerprint density at radius 3 is 2.67 bits per heavy atom. The van der Waals surface area contributed by atoms with E-state index in [1.165, 1.54) is 17.3 Å². The molecule has 1 heterocycles. The summed E-state index contributed by atoms with van der Waals surface area (Å²) < 4.78 is 0. The van der Waals surface area contributed by atoms with Gasteiger partial charge in [0.2, 0.25) is 5.91 Å². The lowest BCUT2D eigenvalue weighted by Gasteiger charge is -2.30. The highest BCUT2D eigenvalue weighted by molar-refractivity contribution is 8.01. The molecule has 0 spiro atoms. The summed E-state index contributed by atoms with van der Waals surface area (Å²) in [6.45, 7) is 2.31.